The number of rotatable bonds is 5. The lowest BCUT2D eigenvalue weighted by Crippen LogP contribution is -2.14. The van der Waals surface area contributed by atoms with E-state index >= 15 is 0 Å². The zero-order chi connectivity index (χ0) is 18.4. The molecule has 3 aromatic rings. The first kappa shape index (κ1) is 17.1. The Bertz CT molecular complexity index is 964. The maximum absolute atomic E-state index is 12.9. The Kier molecular flexibility index (Phi) is 5.20. The van der Waals surface area contributed by atoms with E-state index in [1.165, 1.54) is 18.3 Å². The number of aromatic nitrogens is 1. The number of nitriles is 1. The van der Waals surface area contributed by atoms with Crippen molar-refractivity contribution >= 4 is 17.3 Å². The molecule has 0 saturated heterocycles. The Morgan fingerprint density at radius 2 is 1.88 bits per heavy atom. The first-order valence-corrected chi connectivity index (χ1v) is 7.90. The fourth-order valence-corrected chi connectivity index (χ4v) is 2.33. The van der Waals surface area contributed by atoms with Crippen molar-refractivity contribution in [2.24, 2.45) is 0 Å². The van der Waals surface area contributed by atoms with Gasteiger partial charge in [0.1, 0.15) is 11.5 Å². The molecule has 1 amide bonds. The molecule has 1 aromatic heterocycles. The van der Waals surface area contributed by atoms with E-state index < -0.39 is 0 Å². The van der Waals surface area contributed by atoms with E-state index in [4.69, 9.17) is 5.26 Å². The molecule has 0 aliphatic heterocycles. The molecule has 5 nitrogen and oxygen atoms in total. The van der Waals surface area contributed by atoms with Crippen LogP contribution in [0, 0.1) is 17.1 Å². The SMILES string of the molecule is N#Cc1cccc(NC(=O)c2cc(NCc3ccc(F)cc3)ccn2)c1. The molecule has 0 atom stereocenters. The molecule has 2 aromatic carbocycles. The summed E-state index contributed by atoms with van der Waals surface area (Å²) in [5.41, 5.74) is 2.88. The molecule has 1 heterocycles. The summed E-state index contributed by atoms with van der Waals surface area (Å²) >= 11 is 0. The molecule has 3 rings (SSSR count). The highest BCUT2D eigenvalue weighted by Gasteiger charge is 2.09. The van der Waals surface area contributed by atoms with Crippen molar-refractivity contribution in [1.29, 1.82) is 5.26 Å². The molecule has 0 aliphatic rings. The van der Waals surface area contributed by atoms with E-state index in [9.17, 15) is 9.18 Å². The Balaban J connectivity index is 1.67. The fourth-order valence-electron chi connectivity index (χ4n) is 2.33. The summed E-state index contributed by atoms with van der Waals surface area (Å²) in [7, 11) is 0. The van der Waals surface area contributed by atoms with Crippen LogP contribution in [-0.4, -0.2) is 10.9 Å². The van der Waals surface area contributed by atoms with Crippen LogP contribution in [0.1, 0.15) is 21.6 Å². The first-order chi connectivity index (χ1) is 12.6. The van der Waals surface area contributed by atoms with Gasteiger partial charge in [-0.2, -0.15) is 5.26 Å². The maximum atomic E-state index is 12.9. The van der Waals surface area contributed by atoms with E-state index in [1.807, 2.05) is 6.07 Å². The van der Waals surface area contributed by atoms with Crippen LogP contribution in [0.3, 0.4) is 0 Å². The second-order valence-electron chi connectivity index (χ2n) is 5.56. The van der Waals surface area contributed by atoms with E-state index in [0.717, 1.165) is 11.3 Å². The van der Waals surface area contributed by atoms with Gasteiger partial charge in [-0.05, 0) is 48.0 Å². The third kappa shape index (κ3) is 4.42. The highest BCUT2D eigenvalue weighted by Crippen LogP contribution is 2.14. The Labute approximate surface area is 150 Å². The summed E-state index contributed by atoms with van der Waals surface area (Å²) in [5, 5.41) is 14.8. The Hall–Kier alpha value is -3.72. The first-order valence-electron chi connectivity index (χ1n) is 7.90. The summed E-state index contributed by atoms with van der Waals surface area (Å²) < 4.78 is 12.9. The molecule has 6 heteroatoms. The predicted octanol–water partition coefficient (Wildman–Crippen LogP) is 3.96. The van der Waals surface area contributed by atoms with Gasteiger partial charge in [0.15, 0.2) is 0 Å². The van der Waals surface area contributed by atoms with Crippen LogP contribution < -0.4 is 10.6 Å². The molecule has 2 N–H and O–H groups in total. The van der Waals surface area contributed by atoms with E-state index in [0.29, 0.717) is 17.8 Å². The Morgan fingerprint density at radius 1 is 1.08 bits per heavy atom. The third-order valence-electron chi connectivity index (χ3n) is 3.65. The van der Waals surface area contributed by atoms with Gasteiger partial charge >= 0.3 is 0 Å². The van der Waals surface area contributed by atoms with Gasteiger partial charge in [0.05, 0.1) is 11.6 Å². The van der Waals surface area contributed by atoms with Crippen molar-refractivity contribution in [2.45, 2.75) is 6.54 Å². The average molecular weight is 346 g/mol. The number of hydrogen-bond acceptors (Lipinski definition) is 4. The fraction of sp³-hybridized carbons (Fsp3) is 0.0500. The molecular weight excluding hydrogens is 331 g/mol. The lowest BCUT2D eigenvalue weighted by atomic mass is 10.2. The molecule has 0 fully saturated rings. The van der Waals surface area contributed by atoms with Crippen molar-refractivity contribution in [3.8, 4) is 6.07 Å². The summed E-state index contributed by atoms with van der Waals surface area (Å²) in [6, 6.07) is 18.2. The highest BCUT2D eigenvalue weighted by atomic mass is 19.1. The number of carbonyl (C=O) groups is 1. The van der Waals surface area contributed by atoms with Gasteiger partial charge in [-0.3, -0.25) is 9.78 Å². The van der Waals surface area contributed by atoms with Crippen LogP contribution >= 0.6 is 0 Å². The molecule has 0 unspecified atom stereocenters. The van der Waals surface area contributed by atoms with Crippen LogP contribution in [0.4, 0.5) is 15.8 Å². The zero-order valence-electron chi connectivity index (χ0n) is 13.7. The van der Waals surface area contributed by atoms with Gasteiger partial charge in [0.25, 0.3) is 5.91 Å². The van der Waals surface area contributed by atoms with Gasteiger partial charge < -0.3 is 10.6 Å². The van der Waals surface area contributed by atoms with Crippen molar-refractivity contribution in [3.05, 3.63) is 89.5 Å². The van der Waals surface area contributed by atoms with E-state index in [1.54, 1.807) is 48.5 Å². The quantitative estimate of drug-likeness (QED) is 0.733. The van der Waals surface area contributed by atoms with Crippen LogP contribution in [-0.2, 0) is 6.54 Å². The molecule has 0 bridgehead atoms. The zero-order valence-corrected chi connectivity index (χ0v) is 13.7. The minimum absolute atomic E-state index is 0.247. The lowest BCUT2D eigenvalue weighted by Gasteiger charge is -2.09. The van der Waals surface area contributed by atoms with Crippen molar-refractivity contribution in [2.75, 3.05) is 10.6 Å². The molecule has 0 radical (unpaired) electrons. The van der Waals surface area contributed by atoms with Gasteiger partial charge in [-0.15, -0.1) is 0 Å². The summed E-state index contributed by atoms with van der Waals surface area (Å²) in [6.07, 6.45) is 1.54. The number of pyridine rings is 1. The molecule has 128 valence electrons. The number of amides is 1. The second-order valence-corrected chi connectivity index (χ2v) is 5.56. The van der Waals surface area contributed by atoms with Gasteiger partial charge in [-0.1, -0.05) is 18.2 Å². The predicted molar refractivity (Wildman–Crippen MR) is 97.1 cm³/mol. The molecule has 26 heavy (non-hydrogen) atoms. The number of halogens is 1. The minimum atomic E-state index is -0.370. The van der Waals surface area contributed by atoms with Gasteiger partial charge in [0.2, 0.25) is 0 Å². The number of anilines is 2. The molecule has 0 spiro atoms. The van der Waals surface area contributed by atoms with Gasteiger partial charge in [-0.25, -0.2) is 4.39 Å². The minimum Gasteiger partial charge on any atom is -0.381 e. The van der Waals surface area contributed by atoms with Crippen LogP contribution in [0.5, 0.6) is 0 Å². The summed E-state index contributed by atoms with van der Waals surface area (Å²) in [5.74, 6) is -0.650. The number of nitrogens with zero attached hydrogens (tertiary/aromatic N) is 2. The van der Waals surface area contributed by atoms with E-state index in [2.05, 4.69) is 15.6 Å². The highest BCUT2D eigenvalue weighted by molar-refractivity contribution is 6.03. The molecule has 0 aliphatic carbocycles. The second kappa shape index (κ2) is 7.90. The monoisotopic (exact) mass is 346 g/mol. The summed E-state index contributed by atoms with van der Waals surface area (Å²) in [4.78, 5) is 16.4. The number of hydrogen-bond donors (Lipinski definition) is 2. The van der Waals surface area contributed by atoms with Crippen LogP contribution in [0.25, 0.3) is 0 Å². The molecule has 0 saturated carbocycles. The normalized spacial score (nSPS) is 10.0. The summed E-state index contributed by atoms with van der Waals surface area (Å²) in [6.45, 7) is 0.496. The smallest absolute Gasteiger partial charge is 0.274 e. The average Bonchev–Trinajstić information content (AvgIpc) is 2.68. The maximum Gasteiger partial charge on any atom is 0.274 e. The third-order valence-corrected chi connectivity index (χ3v) is 3.65. The van der Waals surface area contributed by atoms with Crippen molar-refractivity contribution in [3.63, 3.8) is 0 Å². The van der Waals surface area contributed by atoms with Crippen molar-refractivity contribution < 1.29 is 9.18 Å². The van der Waals surface area contributed by atoms with Crippen LogP contribution in [0.15, 0.2) is 66.9 Å². The molecular formula is C20H15FN4O. The topological polar surface area (TPSA) is 77.8 Å². The van der Waals surface area contributed by atoms with Crippen LogP contribution in [0.2, 0.25) is 0 Å². The number of nitrogens with one attached hydrogen (secondary N) is 2. The number of benzene rings is 2. The standard InChI is InChI=1S/C20H15FN4O/c21-16-6-4-14(5-7-16)13-24-17-8-9-23-19(11-17)20(26)25-18-3-1-2-15(10-18)12-22/h1-11H,13H2,(H,23,24)(H,25,26). The Morgan fingerprint density at radius 3 is 2.65 bits per heavy atom. The van der Waals surface area contributed by atoms with E-state index in [-0.39, 0.29) is 17.4 Å². The van der Waals surface area contributed by atoms with Gasteiger partial charge in [0, 0.05) is 24.1 Å². The largest absolute Gasteiger partial charge is 0.381 e. The number of carbonyl (C=O) groups excluding carboxylic acids is 1. The lowest BCUT2D eigenvalue weighted by molar-refractivity contribution is 0.102. The van der Waals surface area contributed by atoms with Crippen molar-refractivity contribution in [1.82, 2.24) is 4.98 Å².